The number of esters is 1. The van der Waals surface area contributed by atoms with Crippen LogP contribution in [-0.2, 0) is 20.7 Å². The Morgan fingerprint density at radius 1 is 1.48 bits per heavy atom. The standard InChI is InChI=1S/C13H18N4O4/c1-4-8-15-10(13(20)21-3)11(14)17(8)7-5-6-9(18)16(2)12(7)19/h7H,4-6,14H2,1-3H3. The summed E-state index contributed by atoms with van der Waals surface area (Å²) in [5.41, 5.74) is 5.97. The van der Waals surface area contributed by atoms with Crippen LogP contribution in [0.5, 0.6) is 0 Å². The number of piperidine rings is 1. The minimum Gasteiger partial charge on any atom is -0.464 e. The van der Waals surface area contributed by atoms with Crippen molar-refractivity contribution in [3.63, 3.8) is 0 Å². The summed E-state index contributed by atoms with van der Waals surface area (Å²) in [4.78, 5) is 40.8. The van der Waals surface area contributed by atoms with Crippen LogP contribution in [0.15, 0.2) is 0 Å². The van der Waals surface area contributed by atoms with Gasteiger partial charge in [0.2, 0.25) is 5.91 Å². The number of rotatable bonds is 3. The topological polar surface area (TPSA) is 108 Å². The summed E-state index contributed by atoms with van der Waals surface area (Å²) >= 11 is 0. The maximum absolute atomic E-state index is 12.3. The number of likely N-dealkylation sites (tertiary alicyclic amines) is 1. The van der Waals surface area contributed by atoms with Crippen molar-refractivity contribution in [1.29, 1.82) is 0 Å². The van der Waals surface area contributed by atoms with Crippen molar-refractivity contribution in [1.82, 2.24) is 14.5 Å². The molecule has 1 atom stereocenters. The number of ether oxygens (including phenoxy) is 1. The van der Waals surface area contributed by atoms with Gasteiger partial charge < -0.3 is 15.0 Å². The van der Waals surface area contributed by atoms with Gasteiger partial charge in [0.25, 0.3) is 5.91 Å². The monoisotopic (exact) mass is 294 g/mol. The van der Waals surface area contributed by atoms with E-state index in [1.54, 1.807) is 0 Å². The molecule has 2 amide bonds. The molecular weight excluding hydrogens is 276 g/mol. The predicted octanol–water partition coefficient (Wildman–Crippen LogP) is 0.134. The molecule has 2 N–H and O–H groups in total. The van der Waals surface area contributed by atoms with Crippen LogP contribution in [0.3, 0.4) is 0 Å². The van der Waals surface area contributed by atoms with Crippen LogP contribution in [0.1, 0.15) is 42.1 Å². The Labute approximate surface area is 121 Å². The van der Waals surface area contributed by atoms with Gasteiger partial charge in [0.15, 0.2) is 5.69 Å². The zero-order chi connectivity index (χ0) is 15.7. The Morgan fingerprint density at radius 2 is 2.14 bits per heavy atom. The van der Waals surface area contributed by atoms with Gasteiger partial charge in [-0.2, -0.15) is 0 Å². The third-order valence-electron chi connectivity index (χ3n) is 3.65. The third kappa shape index (κ3) is 2.37. The predicted molar refractivity (Wildman–Crippen MR) is 73.4 cm³/mol. The van der Waals surface area contributed by atoms with Crippen LogP contribution in [0.25, 0.3) is 0 Å². The van der Waals surface area contributed by atoms with Crippen molar-refractivity contribution in [3.05, 3.63) is 11.5 Å². The molecule has 1 aliphatic rings. The number of imidazole rings is 1. The minimum absolute atomic E-state index is 0.00158. The quantitative estimate of drug-likeness (QED) is 0.627. The lowest BCUT2D eigenvalue weighted by atomic mass is 10.0. The van der Waals surface area contributed by atoms with Crippen molar-refractivity contribution in [2.75, 3.05) is 19.9 Å². The number of carbonyl (C=O) groups excluding carboxylic acids is 3. The SMILES string of the molecule is CCc1nc(C(=O)OC)c(N)n1C1CCC(=O)N(C)C1=O. The van der Waals surface area contributed by atoms with E-state index in [-0.39, 0.29) is 29.7 Å². The van der Waals surface area contributed by atoms with Crippen molar-refractivity contribution >= 4 is 23.6 Å². The number of aromatic nitrogens is 2. The molecule has 0 radical (unpaired) electrons. The summed E-state index contributed by atoms with van der Waals surface area (Å²) in [5.74, 6) is -0.593. The van der Waals surface area contributed by atoms with Crippen LogP contribution in [0.4, 0.5) is 5.82 Å². The number of imide groups is 1. The number of hydrogen-bond donors (Lipinski definition) is 1. The molecule has 0 aliphatic carbocycles. The number of aryl methyl sites for hydroxylation is 1. The molecule has 2 heterocycles. The molecule has 1 aliphatic heterocycles. The number of nitrogens with two attached hydrogens (primary N) is 1. The fourth-order valence-corrected chi connectivity index (χ4v) is 2.47. The average molecular weight is 294 g/mol. The molecule has 114 valence electrons. The normalized spacial score (nSPS) is 19.0. The summed E-state index contributed by atoms with van der Waals surface area (Å²) in [6, 6.07) is -0.617. The molecule has 0 aromatic carbocycles. The van der Waals surface area contributed by atoms with Gasteiger partial charge in [0.1, 0.15) is 17.7 Å². The average Bonchev–Trinajstić information content (AvgIpc) is 2.81. The van der Waals surface area contributed by atoms with Gasteiger partial charge in [-0.3, -0.25) is 14.5 Å². The number of hydrogen-bond acceptors (Lipinski definition) is 6. The zero-order valence-electron chi connectivity index (χ0n) is 12.3. The summed E-state index contributed by atoms with van der Waals surface area (Å²) in [6.45, 7) is 1.85. The van der Waals surface area contributed by atoms with Gasteiger partial charge in [-0.1, -0.05) is 6.92 Å². The highest BCUT2D eigenvalue weighted by atomic mass is 16.5. The van der Waals surface area contributed by atoms with E-state index in [4.69, 9.17) is 5.73 Å². The van der Waals surface area contributed by atoms with Gasteiger partial charge in [0, 0.05) is 19.9 Å². The highest BCUT2D eigenvalue weighted by molar-refractivity contribution is 6.00. The van der Waals surface area contributed by atoms with Crippen LogP contribution < -0.4 is 5.73 Å². The summed E-state index contributed by atoms with van der Waals surface area (Å²) in [7, 11) is 2.68. The van der Waals surface area contributed by atoms with Gasteiger partial charge >= 0.3 is 5.97 Å². The van der Waals surface area contributed by atoms with Crippen LogP contribution in [-0.4, -0.2) is 46.4 Å². The largest absolute Gasteiger partial charge is 0.464 e. The molecular formula is C13H18N4O4. The van der Waals surface area contributed by atoms with Gasteiger partial charge in [-0.25, -0.2) is 9.78 Å². The smallest absolute Gasteiger partial charge is 0.360 e. The number of anilines is 1. The Hall–Kier alpha value is -2.38. The number of amides is 2. The number of nitrogen functional groups attached to an aromatic ring is 1. The molecule has 0 bridgehead atoms. The Bertz CT molecular complexity index is 608. The lowest BCUT2D eigenvalue weighted by molar-refractivity contribution is -0.149. The van der Waals surface area contributed by atoms with E-state index in [9.17, 15) is 14.4 Å². The first kappa shape index (κ1) is 15.0. The van der Waals surface area contributed by atoms with E-state index >= 15 is 0 Å². The molecule has 1 aromatic heterocycles. The van der Waals surface area contributed by atoms with Crippen LogP contribution in [0.2, 0.25) is 0 Å². The van der Waals surface area contributed by atoms with Crippen LogP contribution in [0, 0.1) is 0 Å². The second kappa shape index (κ2) is 5.55. The van der Waals surface area contributed by atoms with Crippen molar-refractivity contribution in [2.45, 2.75) is 32.2 Å². The first-order chi connectivity index (χ1) is 9.92. The molecule has 8 nitrogen and oxygen atoms in total. The maximum Gasteiger partial charge on any atom is 0.360 e. The highest BCUT2D eigenvalue weighted by Gasteiger charge is 2.36. The Morgan fingerprint density at radius 3 is 2.71 bits per heavy atom. The van der Waals surface area contributed by atoms with E-state index < -0.39 is 12.0 Å². The molecule has 1 unspecified atom stereocenters. The summed E-state index contributed by atoms with van der Waals surface area (Å²) in [5, 5.41) is 0. The van der Waals surface area contributed by atoms with Gasteiger partial charge in [-0.15, -0.1) is 0 Å². The van der Waals surface area contributed by atoms with Crippen molar-refractivity contribution in [2.24, 2.45) is 0 Å². The van der Waals surface area contributed by atoms with Crippen LogP contribution >= 0.6 is 0 Å². The molecule has 2 rings (SSSR count). The van der Waals surface area contributed by atoms with E-state index in [0.717, 1.165) is 4.90 Å². The summed E-state index contributed by atoms with van der Waals surface area (Å²) in [6.07, 6.45) is 1.10. The number of carbonyl (C=O) groups is 3. The fraction of sp³-hybridized carbons (Fsp3) is 0.538. The lowest BCUT2D eigenvalue weighted by Crippen LogP contribution is -2.43. The van der Waals surface area contributed by atoms with Gasteiger partial charge in [-0.05, 0) is 6.42 Å². The Kier molecular flexibility index (Phi) is 3.97. The van der Waals surface area contributed by atoms with E-state index in [2.05, 4.69) is 9.72 Å². The van der Waals surface area contributed by atoms with Gasteiger partial charge in [0.05, 0.1) is 7.11 Å². The maximum atomic E-state index is 12.3. The molecule has 0 spiro atoms. The van der Waals surface area contributed by atoms with Crippen molar-refractivity contribution < 1.29 is 19.1 Å². The minimum atomic E-state index is -0.645. The third-order valence-corrected chi connectivity index (χ3v) is 3.65. The number of likely N-dealkylation sites (N-methyl/N-ethyl adjacent to an activating group) is 1. The summed E-state index contributed by atoms with van der Waals surface area (Å²) < 4.78 is 6.18. The number of methoxy groups -OCH3 is 1. The molecule has 1 saturated heterocycles. The number of nitrogens with zero attached hydrogens (tertiary/aromatic N) is 3. The lowest BCUT2D eigenvalue weighted by Gasteiger charge is -2.29. The zero-order valence-corrected chi connectivity index (χ0v) is 12.3. The molecule has 8 heteroatoms. The highest BCUT2D eigenvalue weighted by Crippen LogP contribution is 2.29. The molecule has 21 heavy (non-hydrogen) atoms. The Balaban J connectivity index is 2.48. The van der Waals surface area contributed by atoms with E-state index in [1.807, 2.05) is 6.92 Å². The van der Waals surface area contributed by atoms with E-state index in [1.165, 1.54) is 18.7 Å². The first-order valence-corrected chi connectivity index (χ1v) is 6.67. The molecule has 0 saturated carbocycles. The molecule has 1 fully saturated rings. The van der Waals surface area contributed by atoms with Crippen molar-refractivity contribution in [3.8, 4) is 0 Å². The molecule has 1 aromatic rings. The van der Waals surface area contributed by atoms with E-state index in [0.29, 0.717) is 18.7 Å². The fourth-order valence-electron chi connectivity index (χ4n) is 2.47. The second-order valence-corrected chi connectivity index (χ2v) is 4.82. The first-order valence-electron chi connectivity index (χ1n) is 6.67. The second-order valence-electron chi connectivity index (χ2n) is 4.82.